The summed E-state index contributed by atoms with van der Waals surface area (Å²) in [7, 11) is 0. The van der Waals surface area contributed by atoms with Crippen LogP contribution in [-0.2, 0) is 6.54 Å². The van der Waals surface area contributed by atoms with E-state index in [9.17, 15) is 0 Å². The lowest BCUT2D eigenvalue weighted by Crippen LogP contribution is -2.33. The minimum atomic E-state index is 0.465. The van der Waals surface area contributed by atoms with E-state index < -0.39 is 0 Å². The smallest absolute Gasteiger partial charge is 0.0946 e. The molecule has 1 aliphatic heterocycles. The molecule has 1 aromatic heterocycles. The van der Waals surface area contributed by atoms with Gasteiger partial charge in [-0.1, -0.05) is 18.2 Å². The molecule has 1 aromatic carbocycles. The molecular formula is C15H19N3S. The standard InChI is InChI=1S/C15H19N3S/c1-12(9-18-7-6-16-11-18)17-8-13-10-19-15-5-3-2-4-14(13)15/h2-7,11-13,17H,8-10H2,1H3. The summed E-state index contributed by atoms with van der Waals surface area (Å²) in [6.45, 7) is 4.26. The lowest BCUT2D eigenvalue weighted by molar-refractivity contribution is 0.463. The van der Waals surface area contributed by atoms with Crippen molar-refractivity contribution in [3.05, 3.63) is 48.5 Å². The molecule has 0 bridgehead atoms. The van der Waals surface area contributed by atoms with E-state index in [2.05, 4.69) is 46.1 Å². The second kappa shape index (κ2) is 5.80. The fourth-order valence-corrected chi connectivity index (χ4v) is 3.77. The summed E-state index contributed by atoms with van der Waals surface area (Å²) in [5.41, 5.74) is 1.51. The van der Waals surface area contributed by atoms with E-state index in [0.29, 0.717) is 12.0 Å². The van der Waals surface area contributed by atoms with Crippen LogP contribution in [0.5, 0.6) is 0 Å². The summed E-state index contributed by atoms with van der Waals surface area (Å²) in [5, 5.41) is 3.64. The number of imidazole rings is 1. The molecule has 0 saturated heterocycles. The molecule has 2 unspecified atom stereocenters. The third-order valence-electron chi connectivity index (χ3n) is 3.56. The van der Waals surface area contributed by atoms with Crippen LogP contribution in [0.25, 0.3) is 0 Å². The van der Waals surface area contributed by atoms with Crippen molar-refractivity contribution in [2.45, 2.75) is 30.3 Å². The van der Waals surface area contributed by atoms with E-state index in [-0.39, 0.29) is 0 Å². The van der Waals surface area contributed by atoms with Crippen molar-refractivity contribution in [3.8, 4) is 0 Å². The predicted octanol–water partition coefficient (Wildman–Crippen LogP) is 2.75. The Balaban J connectivity index is 1.53. The highest BCUT2D eigenvalue weighted by Gasteiger charge is 2.22. The molecule has 3 nitrogen and oxygen atoms in total. The number of hydrogen-bond acceptors (Lipinski definition) is 3. The molecule has 2 atom stereocenters. The first-order valence-electron chi connectivity index (χ1n) is 6.74. The van der Waals surface area contributed by atoms with Gasteiger partial charge in [-0.3, -0.25) is 0 Å². The molecule has 0 amide bonds. The van der Waals surface area contributed by atoms with Crippen molar-refractivity contribution < 1.29 is 0 Å². The van der Waals surface area contributed by atoms with Crippen molar-refractivity contribution in [2.24, 2.45) is 0 Å². The van der Waals surface area contributed by atoms with Crippen molar-refractivity contribution in [3.63, 3.8) is 0 Å². The van der Waals surface area contributed by atoms with Gasteiger partial charge in [0.25, 0.3) is 0 Å². The molecule has 2 heterocycles. The summed E-state index contributed by atoms with van der Waals surface area (Å²) in [4.78, 5) is 5.53. The fraction of sp³-hybridized carbons (Fsp3) is 0.400. The Bertz CT molecular complexity index is 524. The number of rotatable bonds is 5. The van der Waals surface area contributed by atoms with Gasteiger partial charge in [-0.2, -0.15) is 0 Å². The average Bonchev–Trinajstić information content (AvgIpc) is 3.05. The summed E-state index contributed by atoms with van der Waals surface area (Å²) < 4.78 is 2.12. The maximum Gasteiger partial charge on any atom is 0.0946 e. The number of hydrogen-bond donors (Lipinski definition) is 1. The van der Waals surface area contributed by atoms with Crippen LogP contribution in [0.2, 0.25) is 0 Å². The first kappa shape index (κ1) is 12.8. The molecule has 0 saturated carbocycles. The Morgan fingerprint density at radius 1 is 1.47 bits per heavy atom. The minimum absolute atomic E-state index is 0.465. The Labute approximate surface area is 118 Å². The fourth-order valence-electron chi connectivity index (χ4n) is 2.52. The molecule has 19 heavy (non-hydrogen) atoms. The van der Waals surface area contributed by atoms with Gasteiger partial charge >= 0.3 is 0 Å². The largest absolute Gasteiger partial charge is 0.336 e. The molecule has 2 aromatic rings. The number of nitrogens with one attached hydrogen (secondary N) is 1. The number of aromatic nitrogens is 2. The third kappa shape index (κ3) is 3.01. The highest BCUT2D eigenvalue weighted by Crippen LogP contribution is 2.38. The molecule has 4 heteroatoms. The Morgan fingerprint density at radius 3 is 3.21 bits per heavy atom. The highest BCUT2D eigenvalue weighted by molar-refractivity contribution is 7.99. The zero-order valence-electron chi connectivity index (χ0n) is 11.1. The third-order valence-corrected chi connectivity index (χ3v) is 4.81. The first-order valence-corrected chi connectivity index (χ1v) is 7.72. The van der Waals surface area contributed by atoms with Gasteiger partial charge in [0, 0.05) is 48.1 Å². The maximum atomic E-state index is 4.07. The summed E-state index contributed by atoms with van der Waals surface area (Å²) in [5.74, 6) is 1.84. The van der Waals surface area contributed by atoms with E-state index in [1.54, 1.807) is 0 Å². The maximum absolute atomic E-state index is 4.07. The predicted molar refractivity (Wildman–Crippen MR) is 79.6 cm³/mol. The molecule has 0 fully saturated rings. The Morgan fingerprint density at radius 2 is 2.37 bits per heavy atom. The second-order valence-electron chi connectivity index (χ2n) is 5.11. The van der Waals surface area contributed by atoms with Crippen LogP contribution in [0.3, 0.4) is 0 Å². The summed E-state index contributed by atoms with van der Waals surface area (Å²) in [6, 6.07) is 9.24. The van der Waals surface area contributed by atoms with Gasteiger partial charge in [-0.05, 0) is 18.6 Å². The SMILES string of the molecule is CC(Cn1ccnc1)NCC1CSc2ccccc21. The molecule has 100 valence electrons. The van der Waals surface area contributed by atoms with Crippen molar-refractivity contribution in [2.75, 3.05) is 12.3 Å². The van der Waals surface area contributed by atoms with E-state index >= 15 is 0 Å². The van der Waals surface area contributed by atoms with E-state index in [4.69, 9.17) is 0 Å². The van der Waals surface area contributed by atoms with Crippen molar-refractivity contribution in [1.82, 2.24) is 14.9 Å². The van der Waals surface area contributed by atoms with Crippen LogP contribution in [-0.4, -0.2) is 27.9 Å². The van der Waals surface area contributed by atoms with Crippen LogP contribution in [0.1, 0.15) is 18.4 Å². The van der Waals surface area contributed by atoms with Gasteiger partial charge in [0.1, 0.15) is 0 Å². The zero-order valence-corrected chi connectivity index (χ0v) is 11.9. The highest BCUT2D eigenvalue weighted by atomic mass is 32.2. The topological polar surface area (TPSA) is 29.9 Å². The van der Waals surface area contributed by atoms with E-state index in [0.717, 1.165) is 13.1 Å². The molecule has 1 N–H and O–H groups in total. The van der Waals surface area contributed by atoms with E-state index in [1.165, 1.54) is 16.2 Å². The Kier molecular flexibility index (Phi) is 3.89. The minimum Gasteiger partial charge on any atom is -0.336 e. The number of fused-ring (bicyclic) bond motifs is 1. The summed E-state index contributed by atoms with van der Waals surface area (Å²) >= 11 is 1.98. The van der Waals surface area contributed by atoms with E-state index in [1.807, 2.05) is 30.5 Å². The van der Waals surface area contributed by atoms with Crippen LogP contribution < -0.4 is 5.32 Å². The lowest BCUT2D eigenvalue weighted by Gasteiger charge is -2.18. The molecule has 0 aliphatic carbocycles. The van der Waals surface area contributed by atoms with Gasteiger partial charge in [0.05, 0.1) is 6.33 Å². The van der Waals surface area contributed by atoms with Crippen LogP contribution in [0.15, 0.2) is 47.9 Å². The first-order chi connectivity index (χ1) is 9.33. The molecule has 0 radical (unpaired) electrons. The van der Waals surface area contributed by atoms with Gasteiger partial charge in [0.15, 0.2) is 0 Å². The normalized spacial score (nSPS) is 19.3. The average molecular weight is 273 g/mol. The summed E-state index contributed by atoms with van der Waals surface area (Å²) in [6.07, 6.45) is 5.72. The van der Waals surface area contributed by atoms with Crippen LogP contribution in [0.4, 0.5) is 0 Å². The zero-order chi connectivity index (χ0) is 13.1. The van der Waals surface area contributed by atoms with Gasteiger partial charge in [0.2, 0.25) is 0 Å². The van der Waals surface area contributed by atoms with Gasteiger partial charge in [-0.15, -0.1) is 11.8 Å². The molecule has 3 rings (SSSR count). The van der Waals surface area contributed by atoms with Crippen molar-refractivity contribution >= 4 is 11.8 Å². The van der Waals surface area contributed by atoms with Crippen LogP contribution >= 0.6 is 11.8 Å². The Hall–Kier alpha value is -1.26. The number of thioether (sulfide) groups is 1. The quantitative estimate of drug-likeness (QED) is 0.908. The lowest BCUT2D eigenvalue weighted by atomic mass is 10.0. The number of benzene rings is 1. The molecule has 0 spiro atoms. The monoisotopic (exact) mass is 273 g/mol. The van der Waals surface area contributed by atoms with Gasteiger partial charge in [-0.25, -0.2) is 4.98 Å². The number of nitrogens with zero attached hydrogens (tertiary/aromatic N) is 2. The molecular weight excluding hydrogens is 254 g/mol. The van der Waals surface area contributed by atoms with Gasteiger partial charge < -0.3 is 9.88 Å². The second-order valence-corrected chi connectivity index (χ2v) is 6.18. The molecule has 1 aliphatic rings. The van der Waals surface area contributed by atoms with Crippen molar-refractivity contribution in [1.29, 1.82) is 0 Å². The van der Waals surface area contributed by atoms with Crippen LogP contribution in [0, 0.1) is 0 Å².